The molecule has 0 amide bonds. The average Bonchev–Trinajstić information content (AvgIpc) is 2.91. The number of hydrogen-bond acceptors (Lipinski definition) is 1. The van der Waals surface area contributed by atoms with E-state index in [1.165, 1.54) is 45.4 Å². The number of rotatable bonds is 19. The summed E-state index contributed by atoms with van der Waals surface area (Å²) in [6.07, 6.45) is 40.6. The highest BCUT2D eigenvalue weighted by Gasteiger charge is 2.14. The Kier molecular flexibility index (Phi) is 22.0. The molecule has 0 saturated carbocycles. The van der Waals surface area contributed by atoms with E-state index in [0.29, 0.717) is 0 Å². The standard InChI is InChI=1S/C41H62O/c1-34(2)20-14-23-37(5)26-17-29-38(6)27-15-24-35(3)21-12-13-22-36(4)25-16-28-39(7)30-18-31-40(8)32-19-33-41(9,10)42-11/h12-13,15-16,18,20-22,24-28,30-31H,14,17,19,23,29,32-33H2,1-11H3. The maximum atomic E-state index is 5.50. The third-order valence-corrected chi connectivity index (χ3v) is 7.05. The van der Waals surface area contributed by atoms with Crippen molar-refractivity contribution >= 4 is 0 Å². The minimum Gasteiger partial charge on any atom is -0.379 e. The van der Waals surface area contributed by atoms with Gasteiger partial charge < -0.3 is 4.74 Å². The number of methoxy groups -OCH3 is 1. The van der Waals surface area contributed by atoms with Crippen LogP contribution in [0.4, 0.5) is 0 Å². The van der Waals surface area contributed by atoms with Gasteiger partial charge in [0.2, 0.25) is 0 Å². The Balaban J connectivity index is 4.60. The van der Waals surface area contributed by atoms with Crippen molar-refractivity contribution in [3.8, 4) is 0 Å². The van der Waals surface area contributed by atoms with E-state index in [2.05, 4.69) is 160 Å². The van der Waals surface area contributed by atoms with E-state index in [0.717, 1.165) is 38.5 Å². The summed E-state index contributed by atoms with van der Waals surface area (Å²) in [5.41, 5.74) is 9.37. The van der Waals surface area contributed by atoms with E-state index < -0.39 is 0 Å². The summed E-state index contributed by atoms with van der Waals surface area (Å²) in [7, 11) is 1.79. The molecule has 0 bridgehead atoms. The third kappa shape index (κ3) is 24.9. The van der Waals surface area contributed by atoms with Gasteiger partial charge in [0.15, 0.2) is 0 Å². The van der Waals surface area contributed by atoms with Crippen LogP contribution in [0.3, 0.4) is 0 Å². The quantitative estimate of drug-likeness (QED) is 0.111. The van der Waals surface area contributed by atoms with Crippen molar-refractivity contribution in [2.24, 2.45) is 0 Å². The van der Waals surface area contributed by atoms with Gasteiger partial charge in [-0.25, -0.2) is 0 Å². The lowest BCUT2D eigenvalue weighted by atomic mass is 9.99. The lowest BCUT2D eigenvalue weighted by molar-refractivity contribution is 0.0140. The molecule has 0 aromatic carbocycles. The van der Waals surface area contributed by atoms with Crippen molar-refractivity contribution in [2.45, 2.75) is 120 Å². The van der Waals surface area contributed by atoms with E-state index in [9.17, 15) is 0 Å². The van der Waals surface area contributed by atoms with Gasteiger partial charge in [0.1, 0.15) is 0 Å². The van der Waals surface area contributed by atoms with E-state index in [1.807, 2.05) is 0 Å². The molecule has 42 heavy (non-hydrogen) atoms. The number of hydrogen-bond donors (Lipinski definition) is 0. The summed E-state index contributed by atoms with van der Waals surface area (Å²) < 4.78 is 5.50. The highest BCUT2D eigenvalue weighted by Crippen LogP contribution is 2.19. The van der Waals surface area contributed by atoms with Crippen molar-refractivity contribution < 1.29 is 4.74 Å². The molecule has 0 N–H and O–H groups in total. The molecule has 0 aliphatic carbocycles. The van der Waals surface area contributed by atoms with Crippen molar-refractivity contribution in [2.75, 3.05) is 7.11 Å². The molecular weight excluding hydrogens is 508 g/mol. The van der Waals surface area contributed by atoms with Gasteiger partial charge in [0.05, 0.1) is 5.60 Å². The minimum absolute atomic E-state index is 0.0312. The van der Waals surface area contributed by atoms with Gasteiger partial charge in [-0.05, 0) is 114 Å². The van der Waals surface area contributed by atoms with Crippen LogP contribution in [0.2, 0.25) is 0 Å². The van der Waals surface area contributed by atoms with Crippen LogP contribution >= 0.6 is 0 Å². The Morgan fingerprint density at radius 1 is 0.524 bits per heavy atom. The summed E-state index contributed by atoms with van der Waals surface area (Å²) in [5.74, 6) is 0. The topological polar surface area (TPSA) is 9.23 Å². The molecule has 0 spiro atoms. The van der Waals surface area contributed by atoms with Gasteiger partial charge >= 0.3 is 0 Å². The maximum absolute atomic E-state index is 5.50. The molecule has 1 nitrogen and oxygen atoms in total. The van der Waals surface area contributed by atoms with E-state index >= 15 is 0 Å². The fourth-order valence-corrected chi connectivity index (χ4v) is 3.96. The Bertz CT molecular complexity index is 1110. The third-order valence-electron chi connectivity index (χ3n) is 7.05. The monoisotopic (exact) mass is 570 g/mol. The molecule has 0 aliphatic heterocycles. The second-order valence-corrected chi connectivity index (χ2v) is 12.4. The molecular formula is C41H62O. The lowest BCUT2D eigenvalue weighted by Gasteiger charge is -2.22. The molecule has 0 saturated heterocycles. The molecule has 0 unspecified atom stereocenters. The number of allylic oxidation sites excluding steroid dienone is 22. The Labute approximate surface area is 261 Å². The Morgan fingerprint density at radius 2 is 0.952 bits per heavy atom. The van der Waals surface area contributed by atoms with Gasteiger partial charge in [-0.15, -0.1) is 0 Å². The molecule has 0 aromatic heterocycles. The normalized spacial score (nSPS) is 15.3. The van der Waals surface area contributed by atoms with Crippen molar-refractivity contribution in [1.82, 2.24) is 0 Å². The second kappa shape index (κ2) is 23.6. The maximum Gasteiger partial charge on any atom is 0.0622 e. The van der Waals surface area contributed by atoms with Crippen molar-refractivity contribution in [3.05, 3.63) is 130 Å². The zero-order valence-corrected chi connectivity index (χ0v) is 29.0. The van der Waals surface area contributed by atoms with Crippen LogP contribution in [0.1, 0.15) is 114 Å². The highest BCUT2D eigenvalue weighted by atomic mass is 16.5. The predicted molar refractivity (Wildman–Crippen MR) is 192 cm³/mol. The fraction of sp³-hybridized carbons (Fsp3) is 0.463. The zero-order chi connectivity index (χ0) is 31.8. The molecule has 0 atom stereocenters. The first-order chi connectivity index (χ1) is 19.8. The zero-order valence-electron chi connectivity index (χ0n) is 29.0. The second-order valence-electron chi connectivity index (χ2n) is 12.4. The van der Waals surface area contributed by atoms with Crippen LogP contribution in [0.25, 0.3) is 0 Å². The van der Waals surface area contributed by atoms with Gasteiger partial charge in [0, 0.05) is 7.11 Å². The molecule has 0 aliphatic rings. The van der Waals surface area contributed by atoms with Crippen molar-refractivity contribution in [3.63, 3.8) is 0 Å². The molecule has 0 fully saturated rings. The smallest absolute Gasteiger partial charge is 0.0622 e. The van der Waals surface area contributed by atoms with Crippen LogP contribution in [0, 0.1) is 0 Å². The Hall–Kier alpha value is -2.90. The van der Waals surface area contributed by atoms with Crippen LogP contribution in [0.15, 0.2) is 130 Å². The molecule has 232 valence electrons. The van der Waals surface area contributed by atoms with E-state index in [4.69, 9.17) is 4.74 Å². The Morgan fingerprint density at radius 3 is 1.45 bits per heavy atom. The summed E-state index contributed by atoms with van der Waals surface area (Å²) in [6.45, 7) is 21.7. The SMILES string of the molecule is COC(C)(C)CCCC(C)=CC=CC(C)=CC=CC(C)=CC=CC=C(C)C=CC=C(C)CCC=C(C)CCC=C(C)C. The summed E-state index contributed by atoms with van der Waals surface area (Å²) in [6, 6.07) is 0. The molecule has 0 heterocycles. The molecule has 1 heteroatoms. The summed E-state index contributed by atoms with van der Waals surface area (Å²) in [5, 5.41) is 0. The van der Waals surface area contributed by atoms with Crippen molar-refractivity contribution in [1.29, 1.82) is 0 Å². The fourth-order valence-electron chi connectivity index (χ4n) is 3.96. The van der Waals surface area contributed by atoms with Gasteiger partial charge in [-0.2, -0.15) is 0 Å². The minimum atomic E-state index is -0.0312. The molecule has 0 rings (SSSR count). The van der Waals surface area contributed by atoms with Crippen LogP contribution in [-0.4, -0.2) is 12.7 Å². The average molecular weight is 571 g/mol. The predicted octanol–water partition coefficient (Wildman–Crippen LogP) is 13.0. The van der Waals surface area contributed by atoms with Crippen LogP contribution < -0.4 is 0 Å². The summed E-state index contributed by atoms with van der Waals surface area (Å²) >= 11 is 0. The molecule has 0 radical (unpaired) electrons. The summed E-state index contributed by atoms with van der Waals surface area (Å²) in [4.78, 5) is 0. The van der Waals surface area contributed by atoms with Gasteiger partial charge in [-0.1, -0.05) is 130 Å². The first-order valence-corrected chi connectivity index (χ1v) is 15.7. The van der Waals surface area contributed by atoms with Gasteiger partial charge in [-0.3, -0.25) is 0 Å². The highest BCUT2D eigenvalue weighted by molar-refractivity contribution is 5.31. The molecule has 0 aromatic rings. The van der Waals surface area contributed by atoms with E-state index in [-0.39, 0.29) is 5.60 Å². The first kappa shape index (κ1) is 39.1. The van der Waals surface area contributed by atoms with Crippen LogP contribution in [0.5, 0.6) is 0 Å². The number of ether oxygens (including phenoxy) is 1. The van der Waals surface area contributed by atoms with Crippen LogP contribution in [-0.2, 0) is 4.74 Å². The van der Waals surface area contributed by atoms with E-state index in [1.54, 1.807) is 7.11 Å². The largest absolute Gasteiger partial charge is 0.379 e. The lowest BCUT2D eigenvalue weighted by Crippen LogP contribution is -2.21. The first-order valence-electron chi connectivity index (χ1n) is 15.7. The van der Waals surface area contributed by atoms with Gasteiger partial charge in [0.25, 0.3) is 0 Å².